The maximum absolute atomic E-state index is 14.2. The van der Waals surface area contributed by atoms with Crippen LogP contribution in [0.4, 0.5) is 0 Å². The van der Waals surface area contributed by atoms with E-state index in [4.69, 9.17) is 42.6 Å². The highest BCUT2D eigenvalue weighted by atomic mass is 16.8. The second-order valence-corrected chi connectivity index (χ2v) is 20.1. The number of esters is 2. The Balaban J connectivity index is 1.20. The standard InChI is InChI=1S/C49H70O16/c1-26(2)9-16-36(53)27(3)49(56)39(22-35-33-15-12-30-21-31(52)17-19-47(30,5)34(33)18-20-48(35,49)6)63-45-42(62-28(4)51)40(37(54)23-59-45)65-46-43(41(61-25-50)38(58-8)24-60-46)64-44(55)29-10-13-32(57-7)14-11-29/h10-14,25-27,31,33-35,37-43,45-46,52,54,56H,9,15-24H2,1-8H3/t27-,31?,33?,34?,35+,37?,38?,39?,40?,41?,42?,43?,45?,46?,47?,48?,49-/m1/s1. The van der Waals surface area contributed by atoms with Gasteiger partial charge in [0.2, 0.25) is 0 Å². The van der Waals surface area contributed by atoms with Crippen molar-refractivity contribution in [1.29, 1.82) is 0 Å². The molecule has 1 aromatic rings. The monoisotopic (exact) mass is 914 g/mol. The normalized spacial score (nSPS) is 40.6. The number of methoxy groups -OCH3 is 2. The van der Waals surface area contributed by atoms with Gasteiger partial charge >= 0.3 is 11.9 Å². The fraction of sp³-hybridized carbons (Fsp3) is 0.755. The zero-order chi connectivity index (χ0) is 47.0. The van der Waals surface area contributed by atoms with Crippen LogP contribution in [0.2, 0.25) is 0 Å². The Morgan fingerprint density at radius 1 is 0.892 bits per heavy atom. The number of ketones is 1. The quantitative estimate of drug-likeness (QED) is 0.0875. The van der Waals surface area contributed by atoms with Crippen LogP contribution in [-0.4, -0.2) is 134 Å². The van der Waals surface area contributed by atoms with Crippen molar-refractivity contribution in [1.82, 2.24) is 0 Å². The number of carbonyl (C=O) groups is 4. The summed E-state index contributed by atoms with van der Waals surface area (Å²) in [6.45, 7) is 11.2. The molecule has 0 radical (unpaired) electrons. The largest absolute Gasteiger partial charge is 0.497 e. The van der Waals surface area contributed by atoms with E-state index in [0.29, 0.717) is 37.4 Å². The lowest BCUT2D eigenvalue weighted by Crippen LogP contribution is -2.64. The second-order valence-electron chi connectivity index (χ2n) is 20.1. The molecule has 7 rings (SSSR count). The number of carbonyl (C=O) groups excluding carboxylic acids is 4. The first-order valence-corrected chi connectivity index (χ1v) is 23.4. The number of aliphatic hydroxyl groups excluding tert-OH is 2. The number of allylic oxidation sites excluding steroid dienone is 1. The molecule has 16 nitrogen and oxygen atoms in total. The number of ether oxygens (including phenoxy) is 9. The molecule has 16 heteroatoms. The number of fused-ring (bicyclic) bond motifs is 5. The van der Waals surface area contributed by atoms with Crippen molar-refractivity contribution in [3.63, 3.8) is 0 Å². The van der Waals surface area contributed by atoms with Crippen molar-refractivity contribution in [2.24, 2.45) is 40.4 Å². The van der Waals surface area contributed by atoms with Crippen molar-refractivity contribution in [3.8, 4) is 5.75 Å². The van der Waals surface area contributed by atoms with Gasteiger partial charge in [-0.3, -0.25) is 14.4 Å². The van der Waals surface area contributed by atoms with E-state index in [-0.39, 0.29) is 66.7 Å². The third kappa shape index (κ3) is 9.40. The van der Waals surface area contributed by atoms with E-state index in [2.05, 4.69) is 33.8 Å². The minimum Gasteiger partial charge on any atom is -0.497 e. The first-order chi connectivity index (χ1) is 30.9. The van der Waals surface area contributed by atoms with Gasteiger partial charge in [-0.25, -0.2) is 4.79 Å². The van der Waals surface area contributed by atoms with Crippen LogP contribution in [0, 0.1) is 40.4 Å². The van der Waals surface area contributed by atoms with Crippen molar-refractivity contribution in [2.45, 2.75) is 166 Å². The molecule has 1 aromatic carbocycles. The lowest BCUT2D eigenvalue weighted by Gasteiger charge is -2.59. The molecule has 362 valence electrons. The van der Waals surface area contributed by atoms with Gasteiger partial charge in [-0.1, -0.05) is 46.3 Å². The summed E-state index contributed by atoms with van der Waals surface area (Å²) in [5.74, 6) is -1.27. The molecule has 0 bridgehead atoms. The lowest BCUT2D eigenvalue weighted by atomic mass is 9.46. The first-order valence-electron chi connectivity index (χ1n) is 23.4. The topological polar surface area (TPSA) is 212 Å². The molecular weight excluding hydrogens is 845 g/mol. The van der Waals surface area contributed by atoms with Crippen LogP contribution in [0.15, 0.2) is 35.9 Å². The van der Waals surface area contributed by atoms with E-state index in [1.807, 2.05) is 0 Å². The molecule has 2 aliphatic heterocycles. The van der Waals surface area contributed by atoms with Crippen molar-refractivity contribution < 1.29 is 77.1 Å². The third-order valence-electron chi connectivity index (χ3n) is 16.2. The van der Waals surface area contributed by atoms with Gasteiger partial charge in [0.25, 0.3) is 6.47 Å². The van der Waals surface area contributed by atoms with Crippen LogP contribution in [-0.2, 0) is 52.3 Å². The van der Waals surface area contributed by atoms with Gasteiger partial charge in [0.15, 0.2) is 30.9 Å². The summed E-state index contributed by atoms with van der Waals surface area (Å²) < 4.78 is 53.6. The summed E-state index contributed by atoms with van der Waals surface area (Å²) >= 11 is 0. The second kappa shape index (κ2) is 20.0. The van der Waals surface area contributed by atoms with Crippen molar-refractivity contribution >= 4 is 24.2 Å². The molecule has 2 saturated heterocycles. The van der Waals surface area contributed by atoms with Crippen molar-refractivity contribution in [2.75, 3.05) is 27.4 Å². The van der Waals surface area contributed by atoms with Gasteiger partial charge < -0.3 is 58.0 Å². The Labute approximate surface area is 381 Å². The summed E-state index contributed by atoms with van der Waals surface area (Å²) in [6, 6.07) is 6.14. The van der Waals surface area contributed by atoms with Gasteiger partial charge in [-0.2, -0.15) is 0 Å². The van der Waals surface area contributed by atoms with Gasteiger partial charge in [0.1, 0.15) is 35.4 Å². The molecule has 0 spiro atoms. The summed E-state index contributed by atoms with van der Waals surface area (Å²) in [6.07, 6.45) is -3.94. The number of benzene rings is 1. The Morgan fingerprint density at radius 2 is 1.58 bits per heavy atom. The van der Waals surface area contributed by atoms with Gasteiger partial charge in [-0.15, -0.1) is 0 Å². The Bertz CT molecular complexity index is 1890. The van der Waals surface area contributed by atoms with E-state index in [1.165, 1.54) is 38.8 Å². The summed E-state index contributed by atoms with van der Waals surface area (Å²) in [7, 11) is 2.87. The van der Waals surface area contributed by atoms with E-state index in [9.17, 15) is 34.5 Å². The molecule has 3 N–H and O–H groups in total. The van der Waals surface area contributed by atoms with Crippen LogP contribution in [0.3, 0.4) is 0 Å². The highest BCUT2D eigenvalue weighted by molar-refractivity contribution is 5.89. The molecule has 4 aliphatic carbocycles. The lowest BCUT2D eigenvalue weighted by molar-refractivity contribution is -0.345. The van der Waals surface area contributed by atoms with E-state index in [0.717, 1.165) is 25.7 Å². The highest BCUT2D eigenvalue weighted by Gasteiger charge is 2.70. The zero-order valence-corrected chi connectivity index (χ0v) is 39.1. The molecule has 14 unspecified atom stereocenters. The van der Waals surface area contributed by atoms with Crippen LogP contribution in [0.5, 0.6) is 5.75 Å². The number of hydrogen-bond acceptors (Lipinski definition) is 16. The van der Waals surface area contributed by atoms with E-state index >= 15 is 0 Å². The van der Waals surface area contributed by atoms with E-state index < -0.39 is 84.2 Å². The summed E-state index contributed by atoms with van der Waals surface area (Å²) in [5.41, 5.74) is -1.07. The molecule has 17 atom stereocenters. The van der Waals surface area contributed by atoms with Crippen LogP contribution in [0.1, 0.15) is 110 Å². The summed E-state index contributed by atoms with van der Waals surface area (Å²) in [4.78, 5) is 52.6. The number of aliphatic hydroxyl groups is 3. The highest BCUT2D eigenvalue weighted by Crippen LogP contribution is 2.69. The minimum atomic E-state index is -1.68. The average molecular weight is 915 g/mol. The molecule has 0 aromatic heterocycles. The maximum atomic E-state index is 14.2. The predicted molar refractivity (Wildman–Crippen MR) is 231 cm³/mol. The first kappa shape index (κ1) is 49.4. The van der Waals surface area contributed by atoms with E-state index in [1.54, 1.807) is 19.1 Å². The molecule has 5 fully saturated rings. The number of Topliss-reactive ketones (excluding diaryl/α,β-unsaturated/α-hetero) is 1. The Hall–Kier alpha value is -3.48. The molecular formula is C49H70O16. The van der Waals surface area contributed by atoms with Gasteiger partial charge in [0.05, 0.1) is 38.1 Å². The van der Waals surface area contributed by atoms with Crippen molar-refractivity contribution in [3.05, 3.63) is 41.5 Å². The van der Waals surface area contributed by atoms with Gasteiger partial charge in [-0.05, 0) is 105 Å². The molecule has 3 saturated carbocycles. The van der Waals surface area contributed by atoms with Gasteiger partial charge in [0, 0.05) is 31.8 Å². The molecule has 2 heterocycles. The zero-order valence-electron chi connectivity index (χ0n) is 39.1. The van der Waals surface area contributed by atoms with Crippen LogP contribution < -0.4 is 4.74 Å². The predicted octanol–water partition coefficient (Wildman–Crippen LogP) is 4.86. The third-order valence-corrected chi connectivity index (χ3v) is 16.2. The number of rotatable bonds is 16. The number of hydrogen-bond donors (Lipinski definition) is 3. The molecule has 0 amide bonds. The molecule has 65 heavy (non-hydrogen) atoms. The van der Waals surface area contributed by atoms with Crippen LogP contribution >= 0.6 is 0 Å². The smallest absolute Gasteiger partial charge is 0.338 e. The SMILES string of the molecule is COc1ccc(C(=O)OC2C(OC3C(O)COC(OC4C[C@H]5C6CC=C7CC(O)CCC7(C)C6CCC5(C)[C@@]4(O)[C@H](C)C(=O)CCC(C)C)C3OC(C)=O)OCC(OC)C2OC=O)cc1. The Kier molecular flexibility index (Phi) is 15.2. The maximum Gasteiger partial charge on any atom is 0.338 e. The average Bonchev–Trinajstić information content (AvgIpc) is 3.51. The minimum absolute atomic E-state index is 0.0632. The molecule has 6 aliphatic rings. The van der Waals surface area contributed by atoms with Crippen LogP contribution in [0.25, 0.3) is 0 Å². The fourth-order valence-electron chi connectivity index (χ4n) is 12.5. The Morgan fingerprint density at radius 3 is 2.25 bits per heavy atom. The summed E-state index contributed by atoms with van der Waals surface area (Å²) in [5, 5.41) is 35.7. The fourth-order valence-corrected chi connectivity index (χ4v) is 12.5.